The van der Waals surface area contributed by atoms with Gasteiger partial charge in [-0.1, -0.05) is 228 Å². The number of nitrogens with zero attached hydrogens (tertiary/aromatic N) is 7. The maximum Gasteiger partial charge on any atom is 0.164 e. The molecule has 0 aliphatic carbocycles. The number of aromatic nitrogens is 7. The van der Waals surface area contributed by atoms with Crippen LogP contribution in [0, 0.1) is 0 Å². The summed E-state index contributed by atoms with van der Waals surface area (Å²) in [6, 6.07) is 70.7. The van der Waals surface area contributed by atoms with Crippen molar-refractivity contribution >= 4 is 21.8 Å². The SMILES string of the molecule is CC(C)(C)c1cc(C(C)(C)C)c2c(c1)c1cc(C(C)(C)C)cc3c1n2-c1c(-c2ccccc2)cc(-c2nc(-c4ccc(-c5ccccc5)cc4)nc(-c4cc(-c5ccccc5)cc(-c5ncncn5)c4)n2)cc1-c1cccc(c1)C3(C)C. The van der Waals surface area contributed by atoms with Gasteiger partial charge in [0.05, 0.1) is 16.7 Å². The lowest BCUT2D eigenvalue weighted by Crippen LogP contribution is -2.22. The average molecular weight is 1070 g/mol. The zero-order chi connectivity index (χ0) is 56.9. The van der Waals surface area contributed by atoms with Crippen LogP contribution in [0.15, 0.2) is 207 Å². The van der Waals surface area contributed by atoms with Gasteiger partial charge in [-0.05, 0) is 120 Å². The summed E-state index contributed by atoms with van der Waals surface area (Å²) < 4.78 is 2.68. The smallest absolute Gasteiger partial charge is 0.164 e. The molecule has 1 aliphatic heterocycles. The monoisotopic (exact) mass is 1070 g/mol. The van der Waals surface area contributed by atoms with Gasteiger partial charge in [-0.2, -0.15) is 0 Å². The summed E-state index contributed by atoms with van der Waals surface area (Å²) in [5.41, 5.74) is 21.3. The molecular weight excluding hydrogens is 999 g/mol. The van der Waals surface area contributed by atoms with Crippen LogP contribution in [0.4, 0.5) is 0 Å². The Balaban J connectivity index is 1.16. The van der Waals surface area contributed by atoms with Crippen molar-refractivity contribution in [3.05, 3.63) is 235 Å². The Bertz CT molecular complexity index is 4370. The van der Waals surface area contributed by atoms with Crippen LogP contribution < -0.4 is 0 Å². The molecule has 0 saturated heterocycles. The Labute approximate surface area is 482 Å². The van der Waals surface area contributed by atoms with E-state index >= 15 is 0 Å². The summed E-state index contributed by atoms with van der Waals surface area (Å²) in [4.78, 5) is 29.9. The van der Waals surface area contributed by atoms with E-state index in [1.165, 1.54) is 62.3 Å². The quantitative estimate of drug-likeness (QED) is 0.158. The van der Waals surface area contributed by atoms with Gasteiger partial charge in [0.15, 0.2) is 23.3 Å². The van der Waals surface area contributed by atoms with Gasteiger partial charge in [0, 0.05) is 49.6 Å². The van der Waals surface area contributed by atoms with E-state index in [9.17, 15) is 0 Å². The van der Waals surface area contributed by atoms with Gasteiger partial charge in [-0.3, -0.25) is 0 Å². The first-order valence-electron chi connectivity index (χ1n) is 28.6. The molecule has 0 N–H and O–H groups in total. The lowest BCUT2D eigenvalue weighted by molar-refractivity contribution is 0.572. The Morgan fingerprint density at radius 2 is 0.805 bits per heavy atom. The second kappa shape index (κ2) is 19.5. The molecule has 9 aromatic carbocycles. The van der Waals surface area contributed by atoms with Crippen molar-refractivity contribution in [2.45, 2.75) is 97.8 Å². The fourth-order valence-corrected chi connectivity index (χ4v) is 12.0. The molecule has 13 rings (SSSR count). The van der Waals surface area contributed by atoms with Gasteiger partial charge in [-0.15, -0.1) is 0 Å². The molecule has 0 unspecified atom stereocenters. The first-order valence-corrected chi connectivity index (χ1v) is 28.6. The average Bonchev–Trinajstić information content (AvgIpc) is 2.11. The van der Waals surface area contributed by atoms with Crippen LogP contribution in [-0.4, -0.2) is 34.5 Å². The van der Waals surface area contributed by atoms with Gasteiger partial charge in [0.1, 0.15) is 12.7 Å². The predicted molar refractivity (Wildman–Crippen MR) is 339 cm³/mol. The van der Waals surface area contributed by atoms with Crippen LogP contribution in [0.2, 0.25) is 0 Å². The molecule has 0 amide bonds. The highest BCUT2D eigenvalue weighted by Crippen LogP contribution is 2.52. The molecule has 0 atom stereocenters. The third kappa shape index (κ3) is 9.28. The van der Waals surface area contributed by atoms with Crippen LogP contribution in [0.5, 0.6) is 0 Å². The largest absolute Gasteiger partial charge is 0.307 e. The maximum absolute atomic E-state index is 5.58. The van der Waals surface area contributed by atoms with Crippen LogP contribution in [0.3, 0.4) is 0 Å². The number of rotatable bonds is 7. The number of benzene rings is 9. The normalized spacial score (nSPS) is 13.2. The molecule has 12 aromatic rings. The van der Waals surface area contributed by atoms with E-state index in [2.05, 4.69) is 278 Å². The highest BCUT2D eigenvalue weighted by molar-refractivity contribution is 6.14. The number of fused-ring (bicyclic) bond motifs is 8. The Hall–Kier alpha value is -9.20. The summed E-state index contributed by atoms with van der Waals surface area (Å²) >= 11 is 0. The van der Waals surface area contributed by atoms with Gasteiger partial charge in [-0.25, -0.2) is 29.9 Å². The first kappa shape index (κ1) is 52.2. The molecule has 2 bridgehead atoms. The zero-order valence-electron chi connectivity index (χ0n) is 48.8. The van der Waals surface area contributed by atoms with Crippen LogP contribution in [-0.2, 0) is 21.7 Å². The van der Waals surface area contributed by atoms with Gasteiger partial charge >= 0.3 is 0 Å². The highest BCUT2D eigenvalue weighted by Gasteiger charge is 2.36. The predicted octanol–water partition coefficient (Wildman–Crippen LogP) is 19.0. The van der Waals surface area contributed by atoms with Crippen LogP contribution in [0.1, 0.15) is 104 Å². The molecule has 0 radical (unpaired) electrons. The molecule has 7 nitrogen and oxygen atoms in total. The van der Waals surface area contributed by atoms with E-state index in [1.54, 1.807) is 0 Å². The van der Waals surface area contributed by atoms with Crippen molar-refractivity contribution in [2.24, 2.45) is 0 Å². The summed E-state index contributed by atoms with van der Waals surface area (Å²) in [6.07, 6.45) is 3.07. The lowest BCUT2D eigenvalue weighted by atomic mass is 9.74. The summed E-state index contributed by atoms with van der Waals surface area (Å²) in [5, 5.41) is 2.54. The molecule has 7 heteroatoms. The third-order valence-corrected chi connectivity index (χ3v) is 16.7. The fraction of sp³-hybridized carbons (Fsp3) is 0.200. The van der Waals surface area contributed by atoms with Gasteiger partial charge < -0.3 is 4.57 Å². The van der Waals surface area contributed by atoms with Crippen molar-refractivity contribution in [3.63, 3.8) is 0 Å². The third-order valence-electron chi connectivity index (χ3n) is 16.7. The van der Waals surface area contributed by atoms with Crippen molar-refractivity contribution in [2.75, 3.05) is 0 Å². The molecule has 3 aromatic heterocycles. The molecule has 4 heterocycles. The summed E-state index contributed by atoms with van der Waals surface area (Å²) in [6.45, 7) is 26.0. The summed E-state index contributed by atoms with van der Waals surface area (Å²) in [5.74, 6) is 2.20. The fourth-order valence-electron chi connectivity index (χ4n) is 12.0. The van der Waals surface area contributed by atoms with Gasteiger partial charge in [0.25, 0.3) is 0 Å². The molecular formula is C75H67N7. The van der Waals surface area contributed by atoms with Gasteiger partial charge in [0.2, 0.25) is 0 Å². The maximum atomic E-state index is 5.58. The van der Waals surface area contributed by atoms with Crippen molar-refractivity contribution in [1.29, 1.82) is 0 Å². The Morgan fingerprint density at radius 3 is 1.38 bits per heavy atom. The van der Waals surface area contributed by atoms with Crippen molar-refractivity contribution in [3.8, 4) is 95.7 Å². The van der Waals surface area contributed by atoms with E-state index in [0.717, 1.165) is 72.4 Å². The van der Waals surface area contributed by atoms with Crippen LogP contribution >= 0.6 is 0 Å². The molecule has 0 saturated carbocycles. The molecule has 0 fully saturated rings. The van der Waals surface area contributed by atoms with E-state index in [4.69, 9.17) is 15.0 Å². The minimum Gasteiger partial charge on any atom is -0.307 e. The van der Waals surface area contributed by atoms with E-state index in [0.29, 0.717) is 23.3 Å². The van der Waals surface area contributed by atoms with Crippen LogP contribution in [0.25, 0.3) is 118 Å². The second-order valence-corrected chi connectivity index (χ2v) is 25.8. The second-order valence-electron chi connectivity index (χ2n) is 25.8. The van der Waals surface area contributed by atoms with Crippen molar-refractivity contribution < 1.29 is 0 Å². The Kier molecular flexibility index (Phi) is 12.4. The molecule has 1 aliphatic rings. The molecule has 402 valence electrons. The topological polar surface area (TPSA) is 82.3 Å². The zero-order valence-corrected chi connectivity index (χ0v) is 48.8. The Morgan fingerprint density at radius 1 is 0.354 bits per heavy atom. The highest BCUT2D eigenvalue weighted by atomic mass is 15.0. The minimum absolute atomic E-state index is 0.0966. The van der Waals surface area contributed by atoms with E-state index < -0.39 is 5.41 Å². The lowest BCUT2D eigenvalue weighted by Gasteiger charge is -2.30. The summed E-state index contributed by atoms with van der Waals surface area (Å²) in [7, 11) is 0. The first-order chi connectivity index (χ1) is 39.3. The molecule has 82 heavy (non-hydrogen) atoms. The van der Waals surface area contributed by atoms with Crippen molar-refractivity contribution in [1.82, 2.24) is 34.5 Å². The standard InChI is InChI=1S/C75H67N7/c1-72(2,3)57-40-61-62-41-58(73(4,5)6)43-64-67(62)82(66(61)63(42-57)74(7,8)9)65-59(49-26-19-14-20-27-49)38-55(39-60(65)51-28-21-29-56(37-51)75(64,10)11)71-80-69(50-32-30-48(31-33-50)46-22-15-12-16-23-46)79-70(81-71)54-35-52(47-24-17-13-18-25-47)34-53(36-54)68-77-44-76-45-78-68/h12-45H,1-11H3. The van der Waals surface area contributed by atoms with E-state index in [-0.39, 0.29) is 16.2 Å². The molecule has 0 spiro atoms. The number of hydrogen-bond donors (Lipinski definition) is 0. The van der Waals surface area contributed by atoms with E-state index in [1.807, 2.05) is 12.1 Å². The minimum atomic E-state index is -0.406. The number of hydrogen-bond acceptors (Lipinski definition) is 6.